The molecule has 140 valence electrons. The first-order valence-electron chi connectivity index (χ1n) is 9.83. The van der Waals surface area contributed by atoms with E-state index in [9.17, 15) is 0 Å². The number of benzene rings is 1. The van der Waals surface area contributed by atoms with Crippen LogP contribution in [0.5, 0.6) is 0 Å². The fraction of sp³-hybridized carbons (Fsp3) is 0.318. The lowest BCUT2D eigenvalue weighted by molar-refractivity contribution is 0.294. The van der Waals surface area contributed by atoms with Crippen LogP contribution in [0.25, 0.3) is 22.1 Å². The zero-order chi connectivity index (χ0) is 18.9. The van der Waals surface area contributed by atoms with Gasteiger partial charge in [0.15, 0.2) is 0 Å². The van der Waals surface area contributed by atoms with Crippen LogP contribution in [0, 0.1) is 11.3 Å². The van der Waals surface area contributed by atoms with Crippen molar-refractivity contribution in [3.63, 3.8) is 0 Å². The second-order valence-corrected chi connectivity index (χ2v) is 7.58. The smallest absolute Gasteiger partial charge is 0.139 e. The van der Waals surface area contributed by atoms with Crippen molar-refractivity contribution < 1.29 is 0 Å². The monoisotopic (exact) mass is 370 g/mol. The Balaban J connectivity index is 1.27. The molecule has 1 saturated carbocycles. The lowest BCUT2D eigenvalue weighted by Gasteiger charge is -2.30. The molecule has 1 aliphatic rings. The lowest BCUT2D eigenvalue weighted by atomic mass is 9.90. The highest BCUT2D eigenvalue weighted by Gasteiger charge is 2.24. The van der Waals surface area contributed by atoms with Crippen LogP contribution < -0.4 is 5.32 Å². The number of nitriles is 1. The van der Waals surface area contributed by atoms with E-state index in [4.69, 9.17) is 5.26 Å². The molecule has 1 aromatic carbocycles. The minimum atomic E-state index is 0.477. The number of nitrogens with one attached hydrogen (secondary N) is 2. The van der Waals surface area contributed by atoms with Crippen LogP contribution >= 0.6 is 0 Å². The molecule has 1 aliphatic carbocycles. The zero-order valence-corrected chi connectivity index (χ0v) is 15.6. The fourth-order valence-electron chi connectivity index (χ4n) is 4.38. The van der Waals surface area contributed by atoms with E-state index in [1.807, 2.05) is 36.9 Å². The largest absolute Gasteiger partial charge is 0.346 e. The van der Waals surface area contributed by atoms with Crippen molar-refractivity contribution in [2.24, 2.45) is 0 Å². The van der Waals surface area contributed by atoms with Crippen LogP contribution in [0.3, 0.4) is 0 Å². The van der Waals surface area contributed by atoms with Crippen molar-refractivity contribution in [1.82, 2.24) is 24.8 Å². The SMILES string of the molecule is N#Cc1cccc(CNC2CCC(n3cnc4cnc5[nH]ccc5c43)CC2)c1. The van der Waals surface area contributed by atoms with Crippen molar-refractivity contribution in [2.45, 2.75) is 44.3 Å². The first-order chi connectivity index (χ1) is 13.8. The molecule has 3 aromatic heterocycles. The van der Waals surface area contributed by atoms with Gasteiger partial charge in [0.25, 0.3) is 0 Å². The van der Waals surface area contributed by atoms with Crippen LogP contribution in [0.1, 0.15) is 42.9 Å². The van der Waals surface area contributed by atoms with Gasteiger partial charge >= 0.3 is 0 Å². The van der Waals surface area contributed by atoms with Gasteiger partial charge in [0.05, 0.1) is 29.7 Å². The quantitative estimate of drug-likeness (QED) is 0.567. The summed E-state index contributed by atoms with van der Waals surface area (Å²) in [5.41, 5.74) is 4.97. The minimum Gasteiger partial charge on any atom is -0.346 e. The molecule has 0 saturated heterocycles. The molecule has 4 aromatic rings. The minimum absolute atomic E-state index is 0.477. The standard InChI is InChI=1S/C22H22N6/c23-11-15-2-1-3-16(10-15)12-25-17-4-6-18(7-5-17)28-14-27-20-13-26-22-19(21(20)28)8-9-24-22/h1-3,8-10,13-14,17-18,25H,4-7,12H2,(H,24,26). The van der Waals surface area contributed by atoms with Gasteiger partial charge in [-0.15, -0.1) is 0 Å². The molecule has 28 heavy (non-hydrogen) atoms. The molecule has 0 atom stereocenters. The van der Waals surface area contributed by atoms with Gasteiger partial charge in [0.1, 0.15) is 11.2 Å². The third-order valence-corrected chi connectivity index (χ3v) is 5.86. The van der Waals surface area contributed by atoms with Gasteiger partial charge < -0.3 is 14.9 Å². The maximum Gasteiger partial charge on any atom is 0.139 e. The highest BCUT2D eigenvalue weighted by atomic mass is 15.1. The number of fused-ring (bicyclic) bond motifs is 3. The number of pyridine rings is 1. The second kappa shape index (κ2) is 7.10. The summed E-state index contributed by atoms with van der Waals surface area (Å²) in [4.78, 5) is 12.2. The third-order valence-electron chi connectivity index (χ3n) is 5.86. The first kappa shape index (κ1) is 17.0. The fourth-order valence-corrected chi connectivity index (χ4v) is 4.38. The van der Waals surface area contributed by atoms with Gasteiger partial charge in [-0.3, -0.25) is 0 Å². The Bertz CT molecular complexity index is 1160. The predicted molar refractivity (Wildman–Crippen MR) is 109 cm³/mol. The van der Waals surface area contributed by atoms with E-state index in [0.29, 0.717) is 12.1 Å². The summed E-state index contributed by atoms with van der Waals surface area (Å²) in [6.07, 6.45) is 10.3. The summed E-state index contributed by atoms with van der Waals surface area (Å²) < 4.78 is 2.35. The number of aromatic nitrogens is 4. The maximum absolute atomic E-state index is 9.04. The van der Waals surface area contributed by atoms with Crippen LogP contribution in [-0.2, 0) is 6.54 Å². The molecule has 5 rings (SSSR count). The number of aromatic amines is 1. The lowest BCUT2D eigenvalue weighted by Crippen LogP contribution is -2.33. The Morgan fingerprint density at radius 1 is 1.18 bits per heavy atom. The van der Waals surface area contributed by atoms with E-state index in [1.54, 1.807) is 0 Å². The molecule has 3 heterocycles. The number of hydrogen-bond acceptors (Lipinski definition) is 4. The molecule has 1 fully saturated rings. The highest BCUT2D eigenvalue weighted by molar-refractivity contribution is 6.00. The van der Waals surface area contributed by atoms with Gasteiger partial charge in [0, 0.05) is 30.2 Å². The molecule has 0 aliphatic heterocycles. The van der Waals surface area contributed by atoms with Gasteiger partial charge in [-0.1, -0.05) is 12.1 Å². The van der Waals surface area contributed by atoms with Gasteiger partial charge in [-0.05, 0) is 49.4 Å². The van der Waals surface area contributed by atoms with Crippen molar-refractivity contribution in [2.75, 3.05) is 0 Å². The third kappa shape index (κ3) is 3.04. The Morgan fingerprint density at radius 2 is 2.07 bits per heavy atom. The van der Waals surface area contributed by atoms with E-state index in [0.717, 1.165) is 54.3 Å². The molecule has 2 N–H and O–H groups in total. The molecule has 0 unspecified atom stereocenters. The van der Waals surface area contributed by atoms with E-state index in [1.165, 1.54) is 11.1 Å². The summed E-state index contributed by atoms with van der Waals surface area (Å²) >= 11 is 0. The number of nitrogens with zero attached hydrogens (tertiary/aromatic N) is 4. The van der Waals surface area contributed by atoms with Crippen LogP contribution in [0.4, 0.5) is 0 Å². The van der Waals surface area contributed by atoms with E-state index in [-0.39, 0.29) is 0 Å². The summed E-state index contributed by atoms with van der Waals surface area (Å²) in [5.74, 6) is 0. The number of H-pyrrole nitrogens is 1. The van der Waals surface area contributed by atoms with Gasteiger partial charge in [-0.2, -0.15) is 5.26 Å². The average molecular weight is 370 g/mol. The number of imidazole rings is 1. The molecule has 0 radical (unpaired) electrons. The number of hydrogen-bond donors (Lipinski definition) is 2. The van der Waals surface area contributed by atoms with E-state index >= 15 is 0 Å². The van der Waals surface area contributed by atoms with Crippen molar-refractivity contribution in [3.8, 4) is 6.07 Å². The summed E-state index contributed by atoms with van der Waals surface area (Å²) in [7, 11) is 0. The second-order valence-electron chi connectivity index (χ2n) is 7.58. The summed E-state index contributed by atoms with van der Waals surface area (Å²) in [6, 6.07) is 13.1. The summed E-state index contributed by atoms with van der Waals surface area (Å²) in [5, 5.41) is 13.9. The van der Waals surface area contributed by atoms with Crippen molar-refractivity contribution in [3.05, 3.63) is 60.2 Å². The van der Waals surface area contributed by atoms with Crippen molar-refractivity contribution in [1.29, 1.82) is 5.26 Å². The Kier molecular flexibility index (Phi) is 4.30. The molecule has 0 amide bonds. The maximum atomic E-state index is 9.04. The van der Waals surface area contributed by atoms with E-state index in [2.05, 4.69) is 43.0 Å². The molecule has 6 heteroatoms. The Morgan fingerprint density at radius 3 is 2.93 bits per heavy atom. The molecular formula is C22H22N6. The molecule has 6 nitrogen and oxygen atoms in total. The zero-order valence-electron chi connectivity index (χ0n) is 15.6. The normalized spacial score (nSPS) is 19.8. The molecule has 0 bridgehead atoms. The van der Waals surface area contributed by atoms with Crippen LogP contribution in [-0.4, -0.2) is 25.6 Å². The average Bonchev–Trinajstić information content (AvgIpc) is 3.39. The number of rotatable bonds is 4. The van der Waals surface area contributed by atoms with Gasteiger partial charge in [0.2, 0.25) is 0 Å². The summed E-state index contributed by atoms with van der Waals surface area (Å²) in [6.45, 7) is 0.814. The highest BCUT2D eigenvalue weighted by Crippen LogP contribution is 2.33. The molecule has 0 spiro atoms. The van der Waals surface area contributed by atoms with Crippen LogP contribution in [0.15, 0.2) is 49.1 Å². The topological polar surface area (TPSA) is 82.3 Å². The van der Waals surface area contributed by atoms with Crippen molar-refractivity contribution >= 4 is 22.1 Å². The first-order valence-corrected chi connectivity index (χ1v) is 9.83. The molecular weight excluding hydrogens is 348 g/mol. The van der Waals surface area contributed by atoms with Gasteiger partial charge in [-0.25, -0.2) is 9.97 Å². The Labute approximate surface area is 163 Å². The Hall–Kier alpha value is -3.17. The predicted octanol–water partition coefficient (Wildman–Crippen LogP) is 4.06. The van der Waals surface area contributed by atoms with E-state index < -0.39 is 0 Å². The van der Waals surface area contributed by atoms with Crippen LogP contribution in [0.2, 0.25) is 0 Å².